The highest BCUT2D eigenvalue weighted by Gasteiger charge is 2.40. The number of nitrogens with zero attached hydrogens (tertiary/aromatic N) is 1. The van der Waals surface area contributed by atoms with Gasteiger partial charge in [0.1, 0.15) is 11.8 Å². The van der Waals surface area contributed by atoms with E-state index in [2.05, 4.69) is 0 Å². The molecule has 1 aromatic rings. The molecule has 2 N–H and O–H groups in total. The van der Waals surface area contributed by atoms with Gasteiger partial charge in [0.25, 0.3) is 5.91 Å². The van der Waals surface area contributed by atoms with Crippen molar-refractivity contribution in [1.82, 2.24) is 4.90 Å². The van der Waals surface area contributed by atoms with Gasteiger partial charge in [0.05, 0.1) is 11.1 Å². The number of carbonyl (C=O) groups excluding carboxylic acids is 1. The number of carboxylic acids is 1. The van der Waals surface area contributed by atoms with E-state index in [-0.39, 0.29) is 13.0 Å². The number of para-hydroxylation sites is 1. The minimum atomic E-state index is -1.13. The Bertz CT molecular complexity index is 550. The molecular weight excluding hydrogens is 298 g/mol. The standard InChI is InChI=1S/C14H16ClNO5/c1-8(21-12-5-3-2-4-10(12)15)13(18)16-7-9(17)6-11(16)14(19)20/h2-5,8-9,11,17H,6-7H2,1H3,(H,19,20)/t8?,9-,11-/m0/s1. The summed E-state index contributed by atoms with van der Waals surface area (Å²) in [6, 6.07) is 5.69. The summed E-state index contributed by atoms with van der Waals surface area (Å²) in [6.07, 6.45) is -1.69. The van der Waals surface area contributed by atoms with Gasteiger partial charge in [-0.3, -0.25) is 4.79 Å². The summed E-state index contributed by atoms with van der Waals surface area (Å²) < 4.78 is 5.48. The Hall–Kier alpha value is -1.79. The van der Waals surface area contributed by atoms with Gasteiger partial charge in [0.2, 0.25) is 0 Å². The summed E-state index contributed by atoms with van der Waals surface area (Å²) in [7, 11) is 0. The lowest BCUT2D eigenvalue weighted by molar-refractivity contribution is -0.150. The molecule has 3 atom stereocenters. The highest BCUT2D eigenvalue weighted by Crippen LogP contribution is 2.26. The molecule has 1 aliphatic rings. The highest BCUT2D eigenvalue weighted by atomic mass is 35.5. The molecule has 1 aliphatic heterocycles. The van der Waals surface area contributed by atoms with Crippen molar-refractivity contribution in [3.63, 3.8) is 0 Å². The van der Waals surface area contributed by atoms with E-state index < -0.39 is 30.1 Å². The number of halogens is 1. The van der Waals surface area contributed by atoms with E-state index in [0.717, 1.165) is 4.90 Å². The van der Waals surface area contributed by atoms with Gasteiger partial charge in [-0.2, -0.15) is 0 Å². The van der Waals surface area contributed by atoms with E-state index in [9.17, 15) is 14.7 Å². The average molecular weight is 314 g/mol. The fraction of sp³-hybridized carbons (Fsp3) is 0.429. The van der Waals surface area contributed by atoms with Crippen LogP contribution in [0, 0.1) is 0 Å². The second-order valence-electron chi connectivity index (χ2n) is 4.92. The Morgan fingerprint density at radius 2 is 2.10 bits per heavy atom. The first-order chi connectivity index (χ1) is 9.90. The number of carboxylic acid groups (broad SMARTS) is 1. The lowest BCUT2D eigenvalue weighted by atomic mass is 10.2. The second kappa shape index (κ2) is 6.32. The van der Waals surface area contributed by atoms with E-state index >= 15 is 0 Å². The summed E-state index contributed by atoms with van der Waals surface area (Å²) in [5.74, 6) is -1.27. The normalized spacial score (nSPS) is 22.9. The number of amides is 1. The lowest BCUT2D eigenvalue weighted by Gasteiger charge is -2.25. The van der Waals surface area contributed by atoms with E-state index in [0.29, 0.717) is 10.8 Å². The summed E-state index contributed by atoms with van der Waals surface area (Å²) in [5, 5.41) is 19.0. The SMILES string of the molecule is CC(Oc1ccccc1Cl)C(=O)N1C[C@@H](O)C[C@H]1C(=O)O. The number of hydrogen-bond donors (Lipinski definition) is 2. The van der Waals surface area contributed by atoms with Crippen LogP contribution < -0.4 is 4.74 Å². The molecule has 0 saturated carbocycles. The maximum Gasteiger partial charge on any atom is 0.326 e. The molecule has 7 heteroatoms. The molecule has 1 fully saturated rings. The smallest absolute Gasteiger partial charge is 0.326 e. The van der Waals surface area contributed by atoms with Crippen LogP contribution in [0.5, 0.6) is 5.75 Å². The van der Waals surface area contributed by atoms with Crippen LogP contribution in [0.25, 0.3) is 0 Å². The number of carbonyl (C=O) groups is 2. The van der Waals surface area contributed by atoms with Crippen molar-refractivity contribution in [3.8, 4) is 5.75 Å². The van der Waals surface area contributed by atoms with Crippen LogP contribution >= 0.6 is 11.6 Å². The van der Waals surface area contributed by atoms with Crippen molar-refractivity contribution >= 4 is 23.5 Å². The Kier molecular flexibility index (Phi) is 4.69. The number of benzene rings is 1. The fourth-order valence-corrected chi connectivity index (χ4v) is 2.49. The van der Waals surface area contributed by atoms with Gasteiger partial charge in [0, 0.05) is 13.0 Å². The van der Waals surface area contributed by atoms with Crippen LogP contribution in [-0.2, 0) is 9.59 Å². The average Bonchev–Trinajstić information content (AvgIpc) is 2.82. The molecule has 1 amide bonds. The number of likely N-dealkylation sites (tertiary alicyclic amines) is 1. The maximum absolute atomic E-state index is 12.3. The largest absolute Gasteiger partial charge is 0.480 e. The van der Waals surface area contributed by atoms with E-state index in [1.165, 1.54) is 6.92 Å². The first-order valence-electron chi connectivity index (χ1n) is 6.52. The number of hydrogen-bond acceptors (Lipinski definition) is 4. The number of aliphatic hydroxyl groups excluding tert-OH is 1. The Labute approximate surface area is 126 Å². The molecule has 6 nitrogen and oxygen atoms in total. The van der Waals surface area contributed by atoms with Gasteiger partial charge in [0.15, 0.2) is 6.10 Å². The maximum atomic E-state index is 12.3. The van der Waals surface area contributed by atoms with Gasteiger partial charge in [-0.15, -0.1) is 0 Å². The number of aliphatic carboxylic acids is 1. The van der Waals surface area contributed by atoms with E-state index in [1.54, 1.807) is 24.3 Å². The number of β-amino-alcohol motifs (C(OH)–C–C–N with tert-alkyl or cyclic N) is 1. The predicted octanol–water partition coefficient (Wildman–Crippen LogP) is 1.15. The molecule has 0 bridgehead atoms. The van der Waals surface area contributed by atoms with Crippen LogP contribution in [0.15, 0.2) is 24.3 Å². The first kappa shape index (κ1) is 15.6. The predicted molar refractivity (Wildman–Crippen MR) is 75.3 cm³/mol. The van der Waals surface area contributed by atoms with E-state index in [4.69, 9.17) is 21.4 Å². The molecule has 0 aromatic heterocycles. The molecule has 21 heavy (non-hydrogen) atoms. The molecule has 2 rings (SSSR count). The second-order valence-corrected chi connectivity index (χ2v) is 5.33. The third-order valence-corrected chi connectivity index (χ3v) is 3.65. The number of aliphatic hydroxyl groups is 1. The minimum absolute atomic E-state index is 0.00791. The van der Waals surface area contributed by atoms with Crippen LogP contribution in [0.3, 0.4) is 0 Å². The molecular formula is C14H16ClNO5. The highest BCUT2D eigenvalue weighted by molar-refractivity contribution is 6.32. The van der Waals surface area contributed by atoms with Crippen LogP contribution in [-0.4, -0.2) is 51.8 Å². The molecule has 0 spiro atoms. The summed E-state index contributed by atoms with van der Waals surface area (Å²) in [5.41, 5.74) is 0. The van der Waals surface area contributed by atoms with Crippen LogP contribution in [0.2, 0.25) is 5.02 Å². The zero-order chi connectivity index (χ0) is 15.6. The molecule has 114 valence electrons. The van der Waals surface area contributed by atoms with Crippen molar-refractivity contribution < 1.29 is 24.5 Å². The summed E-state index contributed by atoms with van der Waals surface area (Å²) in [4.78, 5) is 24.6. The van der Waals surface area contributed by atoms with Gasteiger partial charge < -0.3 is 19.8 Å². The van der Waals surface area contributed by atoms with Gasteiger partial charge in [-0.25, -0.2) is 4.79 Å². The van der Waals surface area contributed by atoms with Gasteiger partial charge >= 0.3 is 5.97 Å². The Morgan fingerprint density at radius 3 is 2.71 bits per heavy atom. The third-order valence-electron chi connectivity index (χ3n) is 3.34. The number of rotatable bonds is 4. The summed E-state index contributed by atoms with van der Waals surface area (Å²) in [6.45, 7) is 1.52. The third kappa shape index (κ3) is 3.46. The van der Waals surface area contributed by atoms with Crippen molar-refractivity contribution in [2.45, 2.75) is 31.6 Å². The van der Waals surface area contributed by atoms with Crippen molar-refractivity contribution in [2.75, 3.05) is 6.54 Å². The van der Waals surface area contributed by atoms with Crippen LogP contribution in [0.1, 0.15) is 13.3 Å². The molecule has 0 aliphatic carbocycles. The zero-order valence-electron chi connectivity index (χ0n) is 11.4. The summed E-state index contributed by atoms with van der Waals surface area (Å²) >= 11 is 5.95. The van der Waals surface area contributed by atoms with E-state index in [1.807, 2.05) is 0 Å². The molecule has 1 unspecified atom stereocenters. The molecule has 1 aromatic carbocycles. The fourth-order valence-electron chi connectivity index (χ4n) is 2.31. The topological polar surface area (TPSA) is 87.1 Å². The lowest BCUT2D eigenvalue weighted by Crippen LogP contribution is -2.46. The van der Waals surface area contributed by atoms with Gasteiger partial charge in [-0.05, 0) is 19.1 Å². The Balaban J connectivity index is 2.08. The van der Waals surface area contributed by atoms with Crippen molar-refractivity contribution in [2.24, 2.45) is 0 Å². The zero-order valence-corrected chi connectivity index (χ0v) is 12.2. The minimum Gasteiger partial charge on any atom is -0.480 e. The Morgan fingerprint density at radius 1 is 1.43 bits per heavy atom. The first-order valence-corrected chi connectivity index (χ1v) is 6.90. The monoisotopic (exact) mass is 313 g/mol. The molecule has 1 heterocycles. The van der Waals surface area contributed by atoms with Crippen molar-refractivity contribution in [3.05, 3.63) is 29.3 Å². The van der Waals surface area contributed by atoms with Crippen LogP contribution in [0.4, 0.5) is 0 Å². The molecule has 1 saturated heterocycles. The quantitative estimate of drug-likeness (QED) is 0.871. The van der Waals surface area contributed by atoms with Gasteiger partial charge in [-0.1, -0.05) is 23.7 Å². The molecule has 0 radical (unpaired) electrons. The van der Waals surface area contributed by atoms with Crippen molar-refractivity contribution in [1.29, 1.82) is 0 Å². The number of ether oxygens (including phenoxy) is 1.